The van der Waals surface area contributed by atoms with Gasteiger partial charge in [0.2, 0.25) is 0 Å². The Hall–Kier alpha value is -1.94. The number of nitrogens with zero attached hydrogens (tertiary/aromatic N) is 3. The predicted molar refractivity (Wildman–Crippen MR) is 105 cm³/mol. The first kappa shape index (κ1) is 23.1. The van der Waals surface area contributed by atoms with Crippen molar-refractivity contribution in [1.29, 1.82) is 5.26 Å². The minimum atomic E-state index is -4.48. The molecule has 1 aromatic carbocycles. The van der Waals surface area contributed by atoms with E-state index in [1.54, 1.807) is 0 Å². The van der Waals surface area contributed by atoms with Crippen molar-refractivity contribution in [2.24, 2.45) is 4.99 Å². The molecule has 2 N–H and O–H groups in total. The zero-order valence-corrected chi connectivity index (χ0v) is 17.2. The smallest absolute Gasteiger partial charge is 0.357 e. The van der Waals surface area contributed by atoms with Crippen LogP contribution in [-0.2, 0) is 19.3 Å². The van der Waals surface area contributed by atoms with E-state index >= 15 is 0 Å². The number of nitriles is 1. The third-order valence-corrected chi connectivity index (χ3v) is 4.02. The second-order valence-corrected chi connectivity index (χ2v) is 6.03. The Bertz CT molecular complexity index is 829. The first-order chi connectivity index (χ1) is 12.3. The molecule has 0 spiro atoms. The van der Waals surface area contributed by atoms with Crippen LogP contribution in [0.3, 0.4) is 0 Å². The van der Waals surface area contributed by atoms with Gasteiger partial charge >= 0.3 is 6.18 Å². The monoisotopic (exact) mass is 513 g/mol. The number of rotatable bonds is 5. The number of halogens is 5. The van der Waals surface area contributed by atoms with E-state index in [1.807, 2.05) is 13.0 Å². The molecule has 0 bridgehead atoms. The van der Waals surface area contributed by atoms with E-state index in [0.29, 0.717) is 18.1 Å². The predicted octanol–water partition coefficient (Wildman–Crippen LogP) is 4.05. The van der Waals surface area contributed by atoms with Crippen LogP contribution >= 0.6 is 35.3 Å². The Kier molecular flexibility index (Phi) is 8.91. The average molecular weight is 513 g/mol. The molecule has 146 valence electrons. The van der Waals surface area contributed by atoms with Crippen LogP contribution in [0.4, 0.5) is 17.6 Å². The molecule has 2 rings (SSSR count). The molecule has 27 heavy (non-hydrogen) atoms. The van der Waals surface area contributed by atoms with E-state index < -0.39 is 17.7 Å². The minimum Gasteiger partial charge on any atom is -0.357 e. The Morgan fingerprint density at radius 3 is 2.67 bits per heavy atom. The van der Waals surface area contributed by atoms with Crippen molar-refractivity contribution >= 4 is 41.3 Å². The summed E-state index contributed by atoms with van der Waals surface area (Å²) in [6.45, 7) is 2.35. The lowest BCUT2D eigenvalue weighted by Gasteiger charge is -2.10. The highest BCUT2D eigenvalue weighted by atomic mass is 127. The largest absolute Gasteiger partial charge is 0.434 e. The maximum Gasteiger partial charge on any atom is 0.434 e. The standard InChI is InChI=1S/C16H15F4N5S.HI/c1-2-22-15(23-7-11-5-10(6-21)3-4-12(11)17)24-8-14-25-13(9-26-14)16(18,19)20;/h3-5,9H,2,7-8H2,1H3,(H2,22,23,24);1H. The summed E-state index contributed by atoms with van der Waals surface area (Å²) in [7, 11) is 0. The number of nitrogens with one attached hydrogen (secondary N) is 2. The molecule has 0 aliphatic rings. The lowest BCUT2D eigenvalue weighted by Crippen LogP contribution is -2.36. The van der Waals surface area contributed by atoms with E-state index in [-0.39, 0.29) is 47.6 Å². The van der Waals surface area contributed by atoms with Crippen LogP contribution in [0, 0.1) is 17.1 Å². The third-order valence-electron chi connectivity index (χ3n) is 3.18. The van der Waals surface area contributed by atoms with Gasteiger partial charge in [0.25, 0.3) is 0 Å². The van der Waals surface area contributed by atoms with E-state index in [9.17, 15) is 17.6 Å². The third kappa shape index (κ3) is 6.94. The number of guanidine groups is 1. The molecule has 1 heterocycles. The van der Waals surface area contributed by atoms with Gasteiger partial charge in [-0.25, -0.2) is 14.4 Å². The number of aromatic nitrogens is 1. The van der Waals surface area contributed by atoms with Crippen molar-refractivity contribution < 1.29 is 17.6 Å². The fourth-order valence-corrected chi connectivity index (χ4v) is 2.69. The Morgan fingerprint density at radius 1 is 1.33 bits per heavy atom. The van der Waals surface area contributed by atoms with Crippen molar-refractivity contribution in [3.63, 3.8) is 0 Å². The second-order valence-electron chi connectivity index (χ2n) is 5.09. The highest BCUT2D eigenvalue weighted by Gasteiger charge is 2.33. The van der Waals surface area contributed by atoms with Gasteiger partial charge in [-0.3, -0.25) is 0 Å². The summed E-state index contributed by atoms with van der Waals surface area (Å²) >= 11 is 0.886. The molecule has 5 nitrogen and oxygen atoms in total. The van der Waals surface area contributed by atoms with Crippen LogP contribution in [0.15, 0.2) is 28.6 Å². The summed E-state index contributed by atoms with van der Waals surface area (Å²) in [5.41, 5.74) is -0.372. The number of thiazole rings is 1. The van der Waals surface area contributed by atoms with Gasteiger partial charge in [-0.2, -0.15) is 18.4 Å². The quantitative estimate of drug-likeness (QED) is 0.274. The summed E-state index contributed by atoms with van der Waals surface area (Å²) < 4.78 is 51.4. The van der Waals surface area contributed by atoms with Crippen LogP contribution in [0.5, 0.6) is 0 Å². The molecule has 11 heteroatoms. The fraction of sp³-hybridized carbons (Fsp3) is 0.312. The molecule has 0 unspecified atom stereocenters. The van der Waals surface area contributed by atoms with Gasteiger partial charge in [0, 0.05) is 17.5 Å². The van der Waals surface area contributed by atoms with Crippen LogP contribution in [0.2, 0.25) is 0 Å². The van der Waals surface area contributed by atoms with Crippen molar-refractivity contribution in [2.45, 2.75) is 26.2 Å². The van der Waals surface area contributed by atoms with E-state index in [2.05, 4.69) is 20.6 Å². The minimum absolute atomic E-state index is 0. The first-order valence-corrected chi connectivity index (χ1v) is 8.43. The van der Waals surface area contributed by atoms with Crippen LogP contribution in [-0.4, -0.2) is 17.5 Å². The van der Waals surface area contributed by atoms with Crippen LogP contribution < -0.4 is 10.6 Å². The van der Waals surface area contributed by atoms with Crippen molar-refractivity contribution in [1.82, 2.24) is 15.6 Å². The summed E-state index contributed by atoms with van der Waals surface area (Å²) in [5.74, 6) is -0.184. The van der Waals surface area contributed by atoms with Gasteiger partial charge in [0.15, 0.2) is 11.7 Å². The summed E-state index contributed by atoms with van der Waals surface area (Å²) in [5, 5.41) is 15.8. The molecule has 0 saturated carbocycles. The highest BCUT2D eigenvalue weighted by molar-refractivity contribution is 14.0. The Labute approximate surface area is 174 Å². The second kappa shape index (κ2) is 10.4. The highest BCUT2D eigenvalue weighted by Crippen LogP contribution is 2.29. The molecule has 0 atom stereocenters. The molecule has 0 aliphatic carbocycles. The topological polar surface area (TPSA) is 73.1 Å². The molecule has 0 radical (unpaired) electrons. The van der Waals surface area contributed by atoms with E-state index in [0.717, 1.165) is 16.7 Å². The molecule has 0 aliphatic heterocycles. The van der Waals surface area contributed by atoms with Gasteiger partial charge in [-0.1, -0.05) is 0 Å². The summed E-state index contributed by atoms with van der Waals surface area (Å²) in [4.78, 5) is 7.71. The van der Waals surface area contributed by atoms with Crippen molar-refractivity contribution in [3.05, 3.63) is 51.2 Å². The number of alkyl halides is 3. The summed E-state index contributed by atoms with van der Waals surface area (Å²) in [6, 6.07) is 5.89. The number of hydrogen-bond donors (Lipinski definition) is 2. The maximum atomic E-state index is 13.8. The lowest BCUT2D eigenvalue weighted by atomic mass is 10.1. The zero-order valence-electron chi connectivity index (χ0n) is 14.1. The van der Waals surface area contributed by atoms with Crippen LogP contribution in [0.25, 0.3) is 0 Å². The molecule has 0 saturated heterocycles. The van der Waals surface area contributed by atoms with Crippen molar-refractivity contribution in [3.8, 4) is 6.07 Å². The van der Waals surface area contributed by atoms with Crippen LogP contribution in [0.1, 0.15) is 28.8 Å². The zero-order chi connectivity index (χ0) is 19.2. The SMILES string of the molecule is CCNC(=NCc1cc(C#N)ccc1F)NCc1nc(C(F)(F)F)cs1.I. The van der Waals surface area contributed by atoms with E-state index in [1.165, 1.54) is 18.2 Å². The molecule has 2 aromatic rings. The number of hydrogen-bond acceptors (Lipinski definition) is 4. The first-order valence-electron chi connectivity index (χ1n) is 7.55. The Morgan fingerprint density at radius 2 is 2.07 bits per heavy atom. The molecular weight excluding hydrogens is 497 g/mol. The van der Waals surface area contributed by atoms with Gasteiger partial charge < -0.3 is 10.6 Å². The summed E-state index contributed by atoms with van der Waals surface area (Å²) in [6.07, 6.45) is -4.48. The number of benzene rings is 1. The van der Waals surface area contributed by atoms with Gasteiger partial charge in [-0.15, -0.1) is 35.3 Å². The number of aliphatic imine (C=N–C) groups is 1. The molecule has 0 amide bonds. The maximum absolute atomic E-state index is 13.8. The normalized spacial score (nSPS) is 11.5. The lowest BCUT2D eigenvalue weighted by molar-refractivity contribution is -0.140. The molecule has 1 aromatic heterocycles. The van der Waals surface area contributed by atoms with Gasteiger partial charge in [0.1, 0.15) is 10.8 Å². The average Bonchev–Trinajstić information content (AvgIpc) is 3.08. The Balaban J connectivity index is 0.00000364. The fourth-order valence-electron chi connectivity index (χ4n) is 1.95. The molecule has 0 fully saturated rings. The van der Waals surface area contributed by atoms with Gasteiger partial charge in [0.05, 0.1) is 24.7 Å². The van der Waals surface area contributed by atoms with E-state index in [4.69, 9.17) is 5.26 Å². The molecular formula is C16H16F4IN5S. The van der Waals surface area contributed by atoms with Crippen molar-refractivity contribution in [2.75, 3.05) is 6.54 Å². The van der Waals surface area contributed by atoms with Gasteiger partial charge in [-0.05, 0) is 25.1 Å².